The number of hydrogen-bond acceptors (Lipinski definition) is 3. The molecule has 0 saturated heterocycles. The van der Waals surface area contributed by atoms with E-state index in [0.29, 0.717) is 0 Å². The molecule has 1 heterocycles. The van der Waals surface area contributed by atoms with E-state index in [4.69, 9.17) is 9.47 Å². The second-order valence-electron chi connectivity index (χ2n) is 3.31. The minimum absolute atomic E-state index is 0.248. The SMILES string of the molecule is COCOc1cc(Br)cc2c1N=CCC2. The molecule has 80 valence electrons. The van der Waals surface area contributed by atoms with Crippen LogP contribution in [0, 0.1) is 0 Å². The van der Waals surface area contributed by atoms with Crippen LogP contribution in [0.25, 0.3) is 0 Å². The fourth-order valence-electron chi connectivity index (χ4n) is 1.57. The Morgan fingerprint density at radius 1 is 1.47 bits per heavy atom. The Balaban J connectivity index is 2.36. The van der Waals surface area contributed by atoms with Crippen LogP contribution >= 0.6 is 15.9 Å². The molecule has 1 aliphatic rings. The Labute approximate surface area is 97.2 Å². The zero-order chi connectivity index (χ0) is 10.7. The minimum atomic E-state index is 0.248. The molecule has 1 aromatic carbocycles. The third kappa shape index (κ3) is 2.38. The number of ether oxygens (including phenoxy) is 2. The van der Waals surface area contributed by atoms with E-state index >= 15 is 0 Å². The van der Waals surface area contributed by atoms with E-state index < -0.39 is 0 Å². The van der Waals surface area contributed by atoms with E-state index in [1.807, 2.05) is 12.3 Å². The molecule has 0 N–H and O–H groups in total. The standard InChI is InChI=1S/C11H12BrNO2/c1-14-7-15-10-6-9(12)5-8-3-2-4-13-11(8)10/h4-6H,2-3,7H2,1H3. The fraction of sp³-hybridized carbons (Fsp3) is 0.364. The summed E-state index contributed by atoms with van der Waals surface area (Å²) in [7, 11) is 1.60. The van der Waals surface area contributed by atoms with Gasteiger partial charge in [0.1, 0.15) is 11.4 Å². The Kier molecular flexibility index (Phi) is 3.38. The van der Waals surface area contributed by atoms with Crippen LogP contribution in [0.5, 0.6) is 5.75 Å². The minimum Gasteiger partial charge on any atom is -0.465 e. The van der Waals surface area contributed by atoms with Crippen molar-refractivity contribution < 1.29 is 9.47 Å². The first-order valence-corrected chi connectivity index (χ1v) is 5.57. The van der Waals surface area contributed by atoms with Crippen molar-refractivity contribution in [3.8, 4) is 5.75 Å². The molecule has 1 aliphatic heterocycles. The summed E-state index contributed by atoms with van der Waals surface area (Å²) in [6, 6.07) is 4.01. The number of hydrogen-bond donors (Lipinski definition) is 0. The summed E-state index contributed by atoms with van der Waals surface area (Å²) in [4.78, 5) is 4.36. The number of methoxy groups -OCH3 is 1. The topological polar surface area (TPSA) is 30.8 Å². The molecule has 3 nitrogen and oxygen atoms in total. The lowest BCUT2D eigenvalue weighted by atomic mass is 10.1. The van der Waals surface area contributed by atoms with Crippen molar-refractivity contribution in [3.05, 3.63) is 22.2 Å². The molecular weight excluding hydrogens is 258 g/mol. The summed E-state index contributed by atoms with van der Waals surface area (Å²) in [5.41, 5.74) is 2.15. The summed E-state index contributed by atoms with van der Waals surface area (Å²) in [6.07, 6.45) is 3.94. The van der Waals surface area contributed by atoms with Gasteiger partial charge in [-0.2, -0.15) is 0 Å². The molecule has 0 unspecified atom stereocenters. The van der Waals surface area contributed by atoms with Crippen LogP contribution in [0.15, 0.2) is 21.6 Å². The van der Waals surface area contributed by atoms with E-state index in [0.717, 1.165) is 28.8 Å². The molecule has 4 heteroatoms. The van der Waals surface area contributed by atoms with Crippen LogP contribution in [0.2, 0.25) is 0 Å². The molecule has 0 bridgehead atoms. The molecule has 2 rings (SSSR count). The van der Waals surface area contributed by atoms with E-state index in [1.165, 1.54) is 5.56 Å². The Morgan fingerprint density at radius 2 is 2.33 bits per heavy atom. The van der Waals surface area contributed by atoms with Crippen molar-refractivity contribution in [1.82, 2.24) is 0 Å². The van der Waals surface area contributed by atoms with Gasteiger partial charge in [-0.3, -0.25) is 4.99 Å². The average molecular weight is 270 g/mol. The number of nitrogens with zero attached hydrogens (tertiary/aromatic N) is 1. The maximum atomic E-state index is 5.47. The van der Waals surface area contributed by atoms with Gasteiger partial charge in [0, 0.05) is 17.8 Å². The maximum Gasteiger partial charge on any atom is 0.188 e. The van der Waals surface area contributed by atoms with Crippen LogP contribution in [-0.4, -0.2) is 20.1 Å². The molecule has 15 heavy (non-hydrogen) atoms. The molecule has 0 fully saturated rings. The largest absolute Gasteiger partial charge is 0.465 e. The highest BCUT2D eigenvalue weighted by atomic mass is 79.9. The maximum absolute atomic E-state index is 5.47. The smallest absolute Gasteiger partial charge is 0.188 e. The van der Waals surface area contributed by atoms with Gasteiger partial charge in [-0.15, -0.1) is 0 Å². The highest BCUT2D eigenvalue weighted by Gasteiger charge is 2.12. The molecule has 0 spiro atoms. The molecule has 0 saturated carbocycles. The Bertz CT molecular complexity index is 390. The van der Waals surface area contributed by atoms with Gasteiger partial charge in [-0.05, 0) is 30.5 Å². The molecular formula is C11H12BrNO2. The lowest BCUT2D eigenvalue weighted by Gasteiger charge is -2.15. The van der Waals surface area contributed by atoms with Gasteiger partial charge in [0.15, 0.2) is 6.79 Å². The van der Waals surface area contributed by atoms with E-state index in [9.17, 15) is 0 Å². The number of aliphatic imine (C=N–C) groups is 1. The first-order valence-electron chi connectivity index (χ1n) is 4.78. The second-order valence-corrected chi connectivity index (χ2v) is 4.23. The van der Waals surface area contributed by atoms with E-state index in [2.05, 4.69) is 27.0 Å². The van der Waals surface area contributed by atoms with E-state index in [-0.39, 0.29) is 6.79 Å². The van der Waals surface area contributed by atoms with Gasteiger partial charge in [-0.1, -0.05) is 15.9 Å². The first kappa shape index (κ1) is 10.6. The van der Waals surface area contributed by atoms with Crippen molar-refractivity contribution in [2.24, 2.45) is 4.99 Å². The quantitative estimate of drug-likeness (QED) is 0.790. The highest BCUT2D eigenvalue weighted by molar-refractivity contribution is 9.10. The van der Waals surface area contributed by atoms with Gasteiger partial charge in [-0.25, -0.2) is 0 Å². The van der Waals surface area contributed by atoms with Gasteiger partial charge in [0.05, 0.1) is 0 Å². The molecule has 1 aromatic rings. The fourth-order valence-corrected chi connectivity index (χ4v) is 2.06. The first-order chi connectivity index (χ1) is 7.31. The summed E-state index contributed by atoms with van der Waals surface area (Å²) in [5, 5.41) is 0. The highest BCUT2D eigenvalue weighted by Crippen LogP contribution is 2.37. The molecule has 0 aromatic heterocycles. The van der Waals surface area contributed by atoms with Crippen LogP contribution < -0.4 is 4.74 Å². The number of aryl methyl sites for hydroxylation is 1. The molecule has 0 aliphatic carbocycles. The third-order valence-corrected chi connectivity index (χ3v) is 2.67. The summed E-state index contributed by atoms with van der Waals surface area (Å²) < 4.78 is 11.4. The lowest BCUT2D eigenvalue weighted by molar-refractivity contribution is 0.0514. The van der Waals surface area contributed by atoms with Gasteiger partial charge in [0.2, 0.25) is 0 Å². The van der Waals surface area contributed by atoms with Gasteiger partial charge >= 0.3 is 0 Å². The van der Waals surface area contributed by atoms with Crippen molar-refractivity contribution >= 4 is 27.8 Å². The monoisotopic (exact) mass is 269 g/mol. The van der Waals surface area contributed by atoms with Crippen molar-refractivity contribution in [1.29, 1.82) is 0 Å². The normalized spacial score (nSPS) is 13.7. The zero-order valence-corrected chi connectivity index (χ0v) is 10.1. The molecule has 0 atom stereocenters. The predicted molar refractivity (Wildman–Crippen MR) is 63.1 cm³/mol. The predicted octanol–water partition coefficient (Wildman–Crippen LogP) is 3.08. The third-order valence-electron chi connectivity index (χ3n) is 2.21. The van der Waals surface area contributed by atoms with Gasteiger partial charge in [0.25, 0.3) is 0 Å². The summed E-state index contributed by atoms with van der Waals surface area (Å²) in [5.74, 6) is 0.775. The number of rotatable bonds is 3. The summed E-state index contributed by atoms with van der Waals surface area (Å²) in [6.45, 7) is 0.248. The summed E-state index contributed by atoms with van der Waals surface area (Å²) >= 11 is 3.46. The van der Waals surface area contributed by atoms with E-state index in [1.54, 1.807) is 7.11 Å². The Morgan fingerprint density at radius 3 is 3.13 bits per heavy atom. The zero-order valence-electron chi connectivity index (χ0n) is 8.50. The lowest BCUT2D eigenvalue weighted by Crippen LogP contribution is -2.02. The van der Waals surface area contributed by atoms with Gasteiger partial charge < -0.3 is 9.47 Å². The number of benzene rings is 1. The van der Waals surface area contributed by atoms with Crippen molar-refractivity contribution in [2.75, 3.05) is 13.9 Å². The Hall–Kier alpha value is -0.870. The number of halogens is 1. The molecule has 0 radical (unpaired) electrons. The van der Waals surface area contributed by atoms with Crippen LogP contribution in [-0.2, 0) is 11.2 Å². The van der Waals surface area contributed by atoms with Crippen molar-refractivity contribution in [2.45, 2.75) is 12.8 Å². The van der Waals surface area contributed by atoms with Crippen LogP contribution in [0.4, 0.5) is 5.69 Å². The van der Waals surface area contributed by atoms with Crippen molar-refractivity contribution in [3.63, 3.8) is 0 Å². The number of fused-ring (bicyclic) bond motifs is 1. The van der Waals surface area contributed by atoms with Crippen LogP contribution in [0.3, 0.4) is 0 Å². The second kappa shape index (κ2) is 4.77. The van der Waals surface area contributed by atoms with Crippen LogP contribution in [0.1, 0.15) is 12.0 Å². The average Bonchev–Trinajstić information content (AvgIpc) is 2.25. The molecule has 0 amide bonds.